The molecule has 1 aromatic rings. The summed E-state index contributed by atoms with van der Waals surface area (Å²) in [6.07, 6.45) is -0.126. The second kappa shape index (κ2) is 12.9. The van der Waals surface area contributed by atoms with E-state index in [0.29, 0.717) is 39.6 Å². The first kappa shape index (κ1) is 20.6. The molecule has 0 aliphatic heterocycles. The molecule has 0 spiro atoms. The highest BCUT2D eigenvalue weighted by molar-refractivity contribution is 5.19. The van der Waals surface area contributed by atoms with E-state index >= 15 is 0 Å². The van der Waals surface area contributed by atoms with E-state index in [2.05, 4.69) is 13.0 Å². The zero-order valence-corrected chi connectivity index (χ0v) is 14.6. The average molecular weight is 336 g/mol. The molecule has 1 N–H and O–H groups in total. The Morgan fingerprint density at radius 2 is 1.71 bits per heavy atom. The average Bonchev–Trinajstić information content (AvgIpc) is 2.61. The molecule has 6 heteroatoms. The highest BCUT2D eigenvalue weighted by Crippen LogP contribution is 2.24. The number of aliphatic hydroxyl groups excluding tert-OH is 1. The van der Waals surface area contributed by atoms with E-state index in [1.807, 2.05) is 42.3 Å². The molecule has 0 bridgehead atoms. The molecule has 6 nitrogen and oxygen atoms in total. The lowest BCUT2D eigenvalue weighted by atomic mass is 10.0. The maximum atomic E-state index is 8.89. The summed E-state index contributed by atoms with van der Waals surface area (Å²) >= 11 is 0. The second-order valence-electron chi connectivity index (χ2n) is 5.46. The molecule has 2 atom stereocenters. The number of rotatable bonds is 13. The smallest absolute Gasteiger partial charge is 0.0978 e. The van der Waals surface area contributed by atoms with Gasteiger partial charge in [-0.3, -0.25) is 4.90 Å². The van der Waals surface area contributed by atoms with Crippen molar-refractivity contribution in [2.45, 2.75) is 19.1 Å². The van der Waals surface area contributed by atoms with Crippen molar-refractivity contribution in [1.82, 2.24) is 4.90 Å². The fraction of sp³-hybridized carbons (Fsp3) is 0.611. The van der Waals surface area contributed by atoms with Crippen LogP contribution in [0.5, 0.6) is 0 Å². The molecular formula is C18H28N2O4. The highest BCUT2D eigenvalue weighted by atomic mass is 16.5. The topological polar surface area (TPSA) is 75.0 Å². The standard InChI is InChI=1S/C18H28N2O4/c1-16(20(2)9-8-19)18(17-6-4-3-5-7-17)24-15-14-23-13-12-22-11-10-21/h3-7,16,18,21H,9-15H2,1-2H3/t16-,18-/m0/s1. The van der Waals surface area contributed by atoms with Crippen molar-refractivity contribution in [3.8, 4) is 6.07 Å². The number of nitriles is 1. The number of ether oxygens (including phenoxy) is 3. The van der Waals surface area contributed by atoms with E-state index in [-0.39, 0.29) is 18.8 Å². The van der Waals surface area contributed by atoms with E-state index in [9.17, 15) is 0 Å². The molecule has 0 fully saturated rings. The normalized spacial score (nSPS) is 13.6. The predicted octanol–water partition coefficient (Wildman–Crippen LogP) is 1.61. The maximum absolute atomic E-state index is 8.89. The zero-order valence-electron chi connectivity index (χ0n) is 14.6. The number of likely N-dealkylation sites (N-methyl/N-ethyl adjacent to an activating group) is 1. The van der Waals surface area contributed by atoms with Gasteiger partial charge >= 0.3 is 0 Å². The van der Waals surface area contributed by atoms with Crippen LogP contribution in [0.25, 0.3) is 0 Å². The van der Waals surface area contributed by atoms with Gasteiger partial charge in [-0.2, -0.15) is 5.26 Å². The minimum atomic E-state index is -0.126. The van der Waals surface area contributed by atoms with Crippen molar-refractivity contribution in [2.75, 3.05) is 53.2 Å². The molecule has 0 heterocycles. The van der Waals surface area contributed by atoms with Crippen molar-refractivity contribution >= 4 is 0 Å². The zero-order chi connectivity index (χ0) is 17.6. The molecule has 0 unspecified atom stereocenters. The van der Waals surface area contributed by atoms with Crippen molar-refractivity contribution < 1.29 is 19.3 Å². The molecular weight excluding hydrogens is 308 g/mol. The number of nitrogens with zero attached hydrogens (tertiary/aromatic N) is 2. The van der Waals surface area contributed by atoms with Gasteiger partial charge in [0.2, 0.25) is 0 Å². The van der Waals surface area contributed by atoms with Crippen LogP contribution in [0.1, 0.15) is 18.6 Å². The van der Waals surface area contributed by atoms with Gasteiger partial charge in [0.15, 0.2) is 0 Å². The van der Waals surface area contributed by atoms with E-state index in [0.717, 1.165) is 5.56 Å². The minimum absolute atomic E-state index is 0.0238. The van der Waals surface area contributed by atoms with Gasteiger partial charge in [-0.15, -0.1) is 0 Å². The fourth-order valence-corrected chi connectivity index (χ4v) is 2.26. The van der Waals surface area contributed by atoms with E-state index in [4.69, 9.17) is 24.6 Å². The van der Waals surface area contributed by atoms with Gasteiger partial charge < -0.3 is 19.3 Å². The van der Waals surface area contributed by atoms with Crippen molar-refractivity contribution in [2.24, 2.45) is 0 Å². The van der Waals surface area contributed by atoms with E-state index < -0.39 is 0 Å². The molecule has 0 aliphatic carbocycles. The summed E-state index contributed by atoms with van der Waals surface area (Å²) < 4.78 is 16.6. The number of hydrogen-bond acceptors (Lipinski definition) is 6. The Morgan fingerprint density at radius 1 is 1.08 bits per heavy atom. The Kier molecular flexibility index (Phi) is 11.0. The minimum Gasteiger partial charge on any atom is -0.394 e. The first-order chi connectivity index (χ1) is 11.7. The first-order valence-electron chi connectivity index (χ1n) is 8.20. The largest absolute Gasteiger partial charge is 0.394 e. The van der Waals surface area contributed by atoms with Crippen molar-refractivity contribution in [3.05, 3.63) is 35.9 Å². The lowest BCUT2D eigenvalue weighted by Gasteiger charge is -2.30. The first-order valence-corrected chi connectivity index (χ1v) is 8.20. The van der Waals surface area contributed by atoms with Crippen LogP contribution in [0.2, 0.25) is 0 Å². The Bertz CT molecular complexity index is 464. The van der Waals surface area contributed by atoms with Crippen LogP contribution in [0, 0.1) is 11.3 Å². The molecule has 0 saturated carbocycles. The van der Waals surface area contributed by atoms with Gasteiger partial charge in [0, 0.05) is 6.04 Å². The summed E-state index contributed by atoms with van der Waals surface area (Å²) in [7, 11) is 1.92. The Morgan fingerprint density at radius 3 is 2.33 bits per heavy atom. The number of hydrogen-bond donors (Lipinski definition) is 1. The van der Waals surface area contributed by atoms with E-state index in [1.165, 1.54) is 0 Å². The van der Waals surface area contributed by atoms with Crippen LogP contribution < -0.4 is 0 Å². The van der Waals surface area contributed by atoms with E-state index in [1.54, 1.807) is 0 Å². The van der Waals surface area contributed by atoms with Crippen molar-refractivity contribution in [3.63, 3.8) is 0 Å². The lowest BCUT2D eigenvalue weighted by molar-refractivity contribution is -0.0383. The van der Waals surface area contributed by atoms with Gasteiger partial charge in [-0.05, 0) is 19.5 Å². The number of benzene rings is 1. The molecule has 1 rings (SSSR count). The summed E-state index contributed by atoms with van der Waals surface area (Å²) in [6, 6.07) is 12.2. The quantitative estimate of drug-likeness (QED) is 0.436. The maximum Gasteiger partial charge on any atom is 0.0978 e. The van der Waals surface area contributed by atoms with Crippen LogP contribution in [0.3, 0.4) is 0 Å². The molecule has 0 amide bonds. The van der Waals surface area contributed by atoms with Gasteiger partial charge in [-0.1, -0.05) is 30.3 Å². The predicted molar refractivity (Wildman–Crippen MR) is 91.6 cm³/mol. The summed E-state index contributed by atoms with van der Waals surface area (Å²) in [6.45, 7) is 4.64. The molecule has 134 valence electrons. The fourth-order valence-electron chi connectivity index (χ4n) is 2.26. The van der Waals surface area contributed by atoms with Gasteiger partial charge in [0.05, 0.1) is 58.4 Å². The number of aliphatic hydroxyl groups is 1. The highest BCUT2D eigenvalue weighted by Gasteiger charge is 2.23. The van der Waals surface area contributed by atoms with Crippen molar-refractivity contribution in [1.29, 1.82) is 5.26 Å². The summed E-state index contributed by atoms with van der Waals surface area (Å²) in [4.78, 5) is 1.97. The lowest BCUT2D eigenvalue weighted by Crippen LogP contribution is -2.36. The molecule has 0 aromatic heterocycles. The monoisotopic (exact) mass is 336 g/mol. The molecule has 0 aliphatic rings. The van der Waals surface area contributed by atoms with Crippen LogP contribution in [0.15, 0.2) is 30.3 Å². The Labute approximate surface area is 144 Å². The molecule has 0 radical (unpaired) electrons. The second-order valence-corrected chi connectivity index (χ2v) is 5.46. The summed E-state index contributed by atoms with van der Waals surface area (Å²) in [5.74, 6) is 0. The van der Waals surface area contributed by atoms with Crippen LogP contribution in [-0.4, -0.2) is 69.3 Å². The molecule has 1 aromatic carbocycles. The third-order valence-corrected chi connectivity index (χ3v) is 3.71. The Balaban J connectivity index is 2.44. The van der Waals surface area contributed by atoms with Crippen LogP contribution in [0.4, 0.5) is 0 Å². The SMILES string of the molecule is C[C@@H]([C@H](OCCOCCOCCO)c1ccccc1)N(C)CC#N. The third kappa shape index (κ3) is 7.86. The molecule has 24 heavy (non-hydrogen) atoms. The third-order valence-electron chi connectivity index (χ3n) is 3.71. The van der Waals surface area contributed by atoms with Gasteiger partial charge in [0.25, 0.3) is 0 Å². The summed E-state index contributed by atoms with van der Waals surface area (Å²) in [5, 5.41) is 17.5. The van der Waals surface area contributed by atoms with Gasteiger partial charge in [0.1, 0.15) is 0 Å². The van der Waals surface area contributed by atoms with Crippen LogP contribution in [-0.2, 0) is 14.2 Å². The molecule has 0 saturated heterocycles. The van der Waals surface area contributed by atoms with Gasteiger partial charge in [-0.25, -0.2) is 0 Å². The summed E-state index contributed by atoms with van der Waals surface area (Å²) in [5.41, 5.74) is 1.08. The Hall–Kier alpha value is -1.49. The van der Waals surface area contributed by atoms with Crippen LogP contribution >= 0.6 is 0 Å².